The second-order valence-electron chi connectivity index (χ2n) is 3.79. The van der Waals surface area contributed by atoms with Crippen LogP contribution in [0.3, 0.4) is 0 Å². The molecule has 1 aliphatic heterocycles. The molecule has 3 heteroatoms. The average molecular weight is 193 g/mol. The lowest BCUT2D eigenvalue weighted by Gasteiger charge is -2.39. The highest BCUT2D eigenvalue weighted by Crippen LogP contribution is 2.34. The van der Waals surface area contributed by atoms with Gasteiger partial charge in [0.05, 0.1) is 7.11 Å². The third-order valence-corrected chi connectivity index (χ3v) is 2.75. The lowest BCUT2D eigenvalue weighted by Crippen LogP contribution is -2.56. The molecular formula is C11H15NO2. The Morgan fingerprint density at radius 2 is 2.14 bits per heavy atom. The van der Waals surface area contributed by atoms with E-state index in [9.17, 15) is 5.11 Å². The highest BCUT2D eigenvalue weighted by atomic mass is 16.5. The molecule has 1 aromatic carbocycles. The maximum absolute atomic E-state index is 10.2. The quantitative estimate of drug-likeness (QED) is 0.729. The lowest BCUT2D eigenvalue weighted by molar-refractivity contribution is -0.0165. The molecule has 76 valence electrons. The molecule has 3 nitrogen and oxygen atoms in total. The van der Waals surface area contributed by atoms with Crippen molar-refractivity contribution in [2.24, 2.45) is 0 Å². The zero-order chi connectivity index (χ0) is 10.2. The summed E-state index contributed by atoms with van der Waals surface area (Å²) in [6.45, 7) is 3.19. The topological polar surface area (TPSA) is 41.5 Å². The molecule has 0 aliphatic carbocycles. The first-order chi connectivity index (χ1) is 6.67. The molecule has 1 aromatic rings. The third-order valence-electron chi connectivity index (χ3n) is 2.75. The minimum atomic E-state index is -0.739. The molecule has 1 heterocycles. The van der Waals surface area contributed by atoms with Gasteiger partial charge < -0.3 is 15.2 Å². The van der Waals surface area contributed by atoms with Crippen LogP contribution in [0, 0.1) is 6.92 Å². The summed E-state index contributed by atoms with van der Waals surface area (Å²) in [5, 5.41) is 13.2. The second-order valence-corrected chi connectivity index (χ2v) is 3.79. The van der Waals surface area contributed by atoms with Gasteiger partial charge in [0.25, 0.3) is 0 Å². The summed E-state index contributed by atoms with van der Waals surface area (Å²) in [7, 11) is 1.64. The van der Waals surface area contributed by atoms with E-state index in [0.29, 0.717) is 13.1 Å². The lowest BCUT2D eigenvalue weighted by atomic mass is 9.86. The van der Waals surface area contributed by atoms with E-state index in [-0.39, 0.29) is 0 Å². The van der Waals surface area contributed by atoms with Gasteiger partial charge in [-0.3, -0.25) is 0 Å². The number of rotatable bonds is 2. The van der Waals surface area contributed by atoms with E-state index < -0.39 is 5.60 Å². The Bertz CT molecular complexity index is 345. The molecule has 0 spiro atoms. The van der Waals surface area contributed by atoms with Crippen LogP contribution < -0.4 is 10.1 Å². The largest absolute Gasteiger partial charge is 0.496 e. The molecule has 14 heavy (non-hydrogen) atoms. The van der Waals surface area contributed by atoms with Crippen molar-refractivity contribution in [1.29, 1.82) is 0 Å². The van der Waals surface area contributed by atoms with Crippen molar-refractivity contribution in [2.45, 2.75) is 12.5 Å². The van der Waals surface area contributed by atoms with E-state index in [1.165, 1.54) is 0 Å². The summed E-state index contributed by atoms with van der Waals surface area (Å²) in [6.07, 6.45) is 0. The first-order valence-electron chi connectivity index (χ1n) is 4.74. The van der Waals surface area contributed by atoms with Gasteiger partial charge in [0, 0.05) is 18.7 Å². The summed E-state index contributed by atoms with van der Waals surface area (Å²) in [5.74, 6) is 0.802. The van der Waals surface area contributed by atoms with E-state index in [0.717, 1.165) is 16.9 Å². The second kappa shape index (κ2) is 3.26. The molecule has 0 aromatic heterocycles. The van der Waals surface area contributed by atoms with Crippen LogP contribution in [0.15, 0.2) is 18.2 Å². The third kappa shape index (κ3) is 1.29. The van der Waals surface area contributed by atoms with Gasteiger partial charge in [-0.1, -0.05) is 18.2 Å². The van der Waals surface area contributed by atoms with Gasteiger partial charge >= 0.3 is 0 Å². The Morgan fingerprint density at radius 1 is 1.43 bits per heavy atom. The molecule has 0 unspecified atom stereocenters. The molecule has 2 N–H and O–H groups in total. The molecule has 1 aliphatic rings. The van der Waals surface area contributed by atoms with Crippen molar-refractivity contribution in [1.82, 2.24) is 5.32 Å². The molecule has 1 fully saturated rings. The zero-order valence-electron chi connectivity index (χ0n) is 8.50. The van der Waals surface area contributed by atoms with Crippen molar-refractivity contribution in [3.05, 3.63) is 29.3 Å². The monoisotopic (exact) mass is 193 g/mol. The molecule has 0 saturated carbocycles. The van der Waals surface area contributed by atoms with Crippen LogP contribution in [0.1, 0.15) is 11.1 Å². The van der Waals surface area contributed by atoms with Crippen LogP contribution in [-0.2, 0) is 5.60 Å². The van der Waals surface area contributed by atoms with E-state index in [2.05, 4.69) is 5.32 Å². The number of hydrogen-bond acceptors (Lipinski definition) is 3. The van der Waals surface area contributed by atoms with Crippen LogP contribution in [0.2, 0.25) is 0 Å². The summed E-state index contributed by atoms with van der Waals surface area (Å²) in [6, 6.07) is 5.86. The van der Waals surface area contributed by atoms with E-state index in [1.54, 1.807) is 7.11 Å². The number of methoxy groups -OCH3 is 1. The maximum atomic E-state index is 10.2. The predicted octanol–water partition coefficient (Wildman–Crippen LogP) is 0.794. The van der Waals surface area contributed by atoms with Gasteiger partial charge in [-0.2, -0.15) is 0 Å². The number of aryl methyl sites for hydroxylation is 1. The Morgan fingerprint density at radius 3 is 2.64 bits per heavy atom. The number of para-hydroxylation sites is 1. The highest BCUT2D eigenvalue weighted by molar-refractivity contribution is 5.45. The van der Waals surface area contributed by atoms with Crippen molar-refractivity contribution in [3.63, 3.8) is 0 Å². The summed E-state index contributed by atoms with van der Waals surface area (Å²) in [4.78, 5) is 0. The molecular weight excluding hydrogens is 178 g/mol. The van der Waals surface area contributed by atoms with E-state index in [4.69, 9.17) is 4.74 Å². The van der Waals surface area contributed by atoms with Gasteiger partial charge in [-0.05, 0) is 12.5 Å². The number of β-amino-alcohol motifs (C(OH)–C–C–N with tert-alkyl or cyclic N) is 1. The fraction of sp³-hybridized carbons (Fsp3) is 0.455. The minimum absolute atomic E-state index is 0.604. The summed E-state index contributed by atoms with van der Waals surface area (Å²) < 4.78 is 5.31. The van der Waals surface area contributed by atoms with Crippen LogP contribution in [-0.4, -0.2) is 25.3 Å². The smallest absolute Gasteiger partial charge is 0.127 e. The van der Waals surface area contributed by atoms with E-state index >= 15 is 0 Å². The van der Waals surface area contributed by atoms with Crippen LogP contribution in [0.4, 0.5) is 0 Å². The first kappa shape index (κ1) is 9.49. The van der Waals surface area contributed by atoms with Crippen LogP contribution in [0.25, 0.3) is 0 Å². The van der Waals surface area contributed by atoms with Gasteiger partial charge in [0.15, 0.2) is 0 Å². The van der Waals surface area contributed by atoms with Crippen LogP contribution >= 0.6 is 0 Å². The molecule has 0 amide bonds. The SMILES string of the molecule is COc1c(C)cccc1C1(O)CNC1. The molecule has 0 atom stereocenters. The van der Waals surface area contributed by atoms with Crippen LogP contribution in [0.5, 0.6) is 5.75 Å². The van der Waals surface area contributed by atoms with Gasteiger partial charge in [-0.25, -0.2) is 0 Å². The normalized spacial score (nSPS) is 18.8. The van der Waals surface area contributed by atoms with Crippen molar-refractivity contribution in [3.8, 4) is 5.75 Å². The zero-order valence-corrected chi connectivity index (χ0v) is 8.50. The highest BCUT2D eigenvalue weighted by Gasteiger charge is 2.38. The Hall–Kier alpha value is -1.06. The predicted molar refractivity (Wildman–Crippen MR) is 54.5 cm³/mol. The fourth-order valence-corrected chi connectivity index (χ4v) is 1.84. The first-order valence-corrected chi connectivity index (χ1v) is 4.74. The number of ether oxygens (including phenoxy) is 1. The number of hydrogen-bond donors (Lipinski definition) is 2. The van der Waals surface area contributed by atoms with Crippen molar-refractivity contribution < 1.29 is 9.84 Å². The number of aliphatic hydroxyl groups is 1. The fourth-order valence-electron chi connectivity index (χ4n) is 1.84. The standard InChI is InChI=1S/C11H15NO2/c1-8-4-3-5-9(10(8)14-2)11(13)6-12-7-11/h3-5,12-13H,6-7H2,1-2H3. The minimum Gasteiger partial charge on any atom is -0.496 e. The van der Waals surface area contributed by atoms with Crippen molar-refractivity contribution in [2.75, 3.05) is 20.2 Å². The van der Waals surface area contributed by atoms with Gasteiger partial charge in [0.1, 0.15) is 11.4 Å². The Labute approximate surface area is 83.7 Å². The molecule has 1 saturated heterocycles. The Balaban J connectivity index is 2.46. The number of benzene rings is 1. The van der Waals surface area contributed by atoms with Gasteiger partial charge in [0.2, 0.25) is 0 Å². The molecule has 0 radical (unpaired) electrons. The molecule has 2 rings (SSSR count). The van der Waals surface area contributed by atoms with Crippen molar-refractivity contribution >= 4 is 0 Å². The average Bonchev–Trinajstić information content (AvgIpc) is 2.14. The molecule has 0 bridgehead atoms. The summed E-state index contributed by atoms with van der Waals surface area (Å²) in [5.41, 5.74) is 1.21. The maximum Gasteiger partial charge on any atom is 0.127 e. The Kier molecular flexibility index (Phi) is 2.21. The van der Waals surface area contributed by atoms with Gasteiger partial charge in [-0.15, -0.1) is 0 Å². The number of nitrogens with one attached hydrogen (secondary N) is 1. The van der Waals surface area contributed by atoms with E-state index in [1.807, 2.05) is 25.1 Å². The summed E-state index contributed by atoms with van der Waals surface area (Å²) >= 11 is 0.